The van der Waals surface area contributed by atoms with E-state index in [1.54, 1.807) is 30.5 Å². The fraction of sp³-hybridized carbons (Fsp3) is 0.368. The minimum absolute atomic E-state index is 0.000455. The van der Waals surface area contributed by atoms with Gasteiger partial charge in [0.15, 0.2) is 5.78 Å². The second-order valence-electron chi connectivity index (χ2n) is 6.64. The molecule has 144 valence electrons. The summed E-state index contributed by atoms with van der Waals surface area (Å²) in [6.07, 6.45) is 5.25. The maximum atomic E-state index is 12.5. The maximum Gasteiger partial charge on any atom is 0.257 e. The summed E-state index contributed by atoms with van der Waals surface area (Å²) in [6, 6.07) is 6.80. The van der Waals surface area contributed by atoms with Gasteiger partial charge in [0, 0.05) is 30.3 Å². The van der Waals surface area contributed by atoms with Crippen LogP contribution in [0.25, 0.3) is 0 Å². The number of fused-ring (bicyclic) bond motifs is 1. The molecule has 0 radical (unpaired) electrons. The fourth-order valence-electron chi connectivity index (χ4n) is 3.06. The number of benzene rings is 1. The predicted octanol–water partition coefficient (Wildman–Crippen LogP) is 2.60. The van der Waals surface area contributed by atoms with Gasteiger partial charge in [-0.25, -0.2) is 8.42 Å². The van der Waals surface area contributed by atoms with E-state index in [9.17, 15) is 18.0 Å². The van der Waals surface area contributed by atoms with E-state index >= 15 is 0 Å². The number of rotatable bonds is 7. The van der Waals surface area contributed by atoms with Gasteiger partial charge < -0.3 is 15.0 Å². The normalized spacial score (nSPS) is 13.9. The van der Waals surface area contributed by atoms with Crippen LogP contribution < -0.4 is 10.1 Å². The molecule has 2 aromatic rings. The zero-order chi connectivity index (χ0) is 19.4. The number of aryl methyl sites for hydroxylation is 1. The molecule has 1 heterocycles. The van der Waals surface area contributed by atoms with Crippen LogP contribution in [0.15, 0.2) is 30.5 Å². The molecule has 27 heavy (non-hydrogen) atoms. The molecule has 8 heteroatoms. The Morgan fingerprint density at radius 3 is 2.67 bits per heavy atom. The van der Waals surface area contributed by atoms with Gasteiger partial charge in [-0.15, -0.1) is 0 Å². The molecule has 1 aromatic carbocycles. The number of sulfone groups is 1. The van der Waals surface area contributed by atoms with Gasteiger partial charge in [-0.2, -0.15) is 0 Å². The highest BCUT2D eigenvalue weighted by molar-refractivity contribution is 7.90. The molecular weight excluding hydrogens is 368 g/mol. The van der Waals surface area contributed by atoms with Gasteiger partial charge in [0.1, 0.15) is 15.6 Å². The summed E-state index contributed by atoms with van der Waals surface area (Å²) in [4.78, 5) is 27.6. The lowest BCUT2D eigenvalue weighted by molar-refractivity contribution is 0.0956. The molecule has 0 unspecified atom stereocenters. The van der Waals surface area contributed by atoms with Crippen molar-refractivity contribution < 1.29 is 22.7 Å². The lowest BCUT2D eigenvalue weighted by Crippen LogP contribution is -2.17. The highest BCUT2D eigenvalue weighted by atomic mass is 32.2. The summed E-state index contributed by atoms with van der Waals surface area (Å²) in [5, 5.41) is 2.78. The summed E-state index contributed by atoms with van der Waals surface area (Å²) >= 11 is 0. The molecule has 2 N–H and O–H groups in total. The molecule has 1 amide bonds. The standard InChI is InChI=1S/C19H22N2O5S/c1-27(24,25)11-3-10-26-14-8-6-13(7-9-14)21-19(23)15-12-20-16-4-2-5-17(22)18(15)16/h6-9,12,20H,2-5,10-11H2,1H3,(H,21,23). The van der Waals surface area contributed by atoms with E-state index in [0.717, 1.165) is 18.5 Å². The molecule has 0 bridgehead atoms. The number of carbonyl (C=O) groups is 2. The number of hydrogen-bond donors (Lipinski definition) is 2. The molecule has 0 aliphatic heterocycles. The van der Waals surface area contributed by atoms with Crippen molar-refractivity contribution in [2.45, 2.75) is 25.7 Å². The third-order valence-electron chi connectivity index (χ3n) is 4.36. The Labute approximate surface area is 158 Å². The second kappa shape index (κ2) is 7.96. The molecule has 1 aliphatic carbocycles. The number of Topliss-reactive ketones (excluding diaryl/α,β-unsaturated/α-hetero) is 1. The second-order valence-corrected chi connectivity index (χ2v) is 8.90. The summed E-state index contributed by atoms with van der Waals surface area (Å²) in [6.45, 7) is 0.302. The molecule has 1 aromatic heterocycles. The van der Waals surface area contributed by atoms with Gasteiger partial charge in [-0.1, -0.05) is 0 Å². The first-order valence-corrected chi connectivity index (χ1v) is 10.8. The van der Waals surface area contributed by atoms with Crippen LogP contribution in [-0.4, -0.2) is 43.7 Å². The fourth-order valence-corrected chi connectivity index (χ4v) is 3.70. The maximum absolute atomic E-state index is 12.5. The third-order valence-corrected chi connectivity index (χ3v) is 5.39. The van der Waals surface area contributed by atoms with E-state index in [-0.39, 0.29) is 17.4 Å². The zero-order valence-electron chi connectivity index (χ0n) is 15.1. The van der Waals surface area contributed by atoms with Crippen molar-refractivity contribution in [3.8, 4) is 5.75 Å². The minimum atomic E-state index is -2.99. The third kappa shape index (κ3) is 4.97. The number of H-pyrrole nitrogens is 1. The minimum Gasteiger partial charge on any atom is -0.494 e. The van der Waals surface area contributed by atoms with E-state index in [2.05, 4.69) is 10.3 Å². The van der Waals surface area contributed by atoms with Crippen molar-refractivity contribution in [1.29, 1.82) is 0 Å². The first kappa shape index (κ1) is 19.2. The lowest BCUT2D eigenvalue weighted by Gasteiger charge is -2.12. The van der Waals surface area contributed by atoms with Gasteiger partial charge in [0.25, 0.3) is 5.91 Å². The Morgan fingerprint density at radius 2 is 1.96 bits per heavy atom. The largest absolute Gasteiger partial charge is 0.494 e. The van der Waals surface area contributed by atoms with Crippen molar-refractivity contribution in [3.63, 3.8) is 0 Å². The Hall–Kier alpha value is -2.61. The quantitative estimate of drug-likeness (QED) is 0.707. The van der Waals surface area contributed by atoms with Crippen molar-refractivity contribution >= 4 is 27.2 Å². The molecule has 0 saturated carbocycles. The van der Waals surface area contributed by atoms with Crippen LogP contribution in [0.5, 0.6) is 5.75 Å². The van der Waals surface area contributed by atoms with Gasteiger partial charge in [-0.05, 0) is 43.5 Å². The van der Waals surface area contributed by atoms with Crippen molar-refractivity contribution in [2.24, 2.45) is 0 Å². The number of carbonyl (C=O) groups excluding carboxylic acids is 2. The number of hydrogen-bond acceptors (Lipinski definition) is 5. The zero-order valence-corrected chi connectivity index (χ0v) is 15.9. The predicted molar refractivity (Wildman–Crippen MR) is 102 cm³/mol. The summed E-state index contributed by atoms with van der Waals surface area (Å²) in [5.74, 6) is 0.349. The van der Waals surface area contributed by atoms with Gasteiger partial charge in [0.2, 0.25) is 0 Å². The van der Waals surface area contributed by atoms with Crippen molar-refractivity contribution in [2.75, 3.05) is 23.9 Å². The SMILES string of the molecule is CS(=O)(=O)CCCOc1ccc(NC(=O)c2c[nH]c3c2C(=O)CCC3)cc1. The number of aromatic nitrogens is 1. The first-order chi connectivity index (χ1) is 12.8. The first-order valence-electron chi connectivity index (χ1n) is 8.79. The van der Waals surface area contributed by atoms with Crippen LogP contribution in [0.1, 0.15) is 45.7 Å². The molecule has 0 saturated heterocycles. The smallest absolute Gasteiger partial charge is 0.257 e. The summed E-state index contributed by atoms with van der Waals surface area (Å²) in [5.41, 5.74) is 2.29. The van der Waals surface area contributed by atoms with Crippen LogP contribution in [-0.2, 0) is 16.3 Å². The summed E-state index contributed by atoms with van der Waals surface area (Å²) in [7, 11) is -2.99. The van der Waals surface area contributed by atoms with E-state index in [1.807, 2.05) is 0 Å². The summed E-state index contributed by atoms with van der Waals surface area (Å²) < 4.78 is 27.7. The number of amides is 1. The molecule has 0 fully saturated rings. The molecule has 1 aliphatic rings. The molecule has 3 rings (SSSR count). The van der Waals surface area contributed by atoms with E-state index in [0.29, 0.717) is 42.0 Å². The van der Waals surface area contributed by atoms with Crippen LogP contribution in [0.3, 0.4) is 0 Å². The monoisotopic (exact) mass is 390 g/mol. The Bertz CT molecular complexity index is 945. The van der Waals surface area contributed by atoms with Crippen LogP contribution in [0, 0.1) is 0 Å². The number of nitrogens with one attached hydrogen (secondary N) is 2. The Kier molecular flexibility index (Phi) is 5.65. The highest BCUT2D eigenvalue weighted by Crippen LogP contribution is 2.25. The lowest BCUT2D eigenvalue weighted by atomic mass is 9.93. The topological polar surface area (TPSA) is 105 Å². The molecular formula is C19H22N2O5S. The number of ether oxygens (including phenoxy) is 1. The van der Waals surface area contributed by atoms with Crippen LogP contribution in [0.4, 0.5) is 5.69 Å². The van der Waals surface area contributed by atoms with Gasteiger partial charge in [0.05, 0.1) is 23.5 Å². The van der Waals surface area contributed by atoms with Gasteiger partial charge in [-0.3, -0.25) is 9.59 Å². The van der Waals surface area contributed by atoms with E-state index in [1.165, 1.54) is 6.26 Å². The molecule has 7 nitrogen and oxygen atoms in total. The van der Waals surface area contributed by atoms with E-state index in [4.69, 9.17) is 4.74 Å². The number of aromatic amines is 1. The van der Waals surface area contributed by atoms with Crippen molar-refractivity contribution in [1.82, 2.24) is 4.98 Å². The molecule has 0 atom stereocenters. The Balaban J connectivity index is 1.58. The average Bonchev–Trinajstić information content (AvgIpc) is 3.05. The Morgan fingerprint density at radius 1 is 1.22 bits per heavy atom. The highest BCUT2D eigenvalue weighted by Gasteiger charge is 2.25. The van der Waals surface area contributed by atoms with E-state index < -0.39 is 9.84 Å². The van der Waals surface area contributed by atoms with Crippen molar-refractivity contribution in [3.05, 3.63) is 47.3 Å². The van der Waals surface area contributed by atoms with Gasteiger partial charge >= 0.3 is 0 Å². The number of ketones is 1. The van der Waals surface area contributed by atoms with Crippen LogP contribution >= 0.6 is 0 Å². The molecule has 0 spiro atoms. The van der Waals surface area contributed by atoms with Crippen LogP contribution in [0.2, 0.25) is 0 Å². The average molecular weight is 390 g/mol. The number of anilines is 1.